The maximum absolute atomic E-state index is 9.04. The van der Waals surface area contributed by atoms with E-state index in [2.05, 4.69) is 24.3 Å². The van der Waals surface area contributed by atoms with Crippen molar-refractivity contribution < 1.29 is 5.11 Å². The van der Waals surface area contributed by atoms with Crippen LogP contribution in [0.5, 0.6) is 0 Å². The lowest BCUT2D eigenvalue weighted by Gasteiger charge is -2.03. The van der Waals surface area contributed by atoms with Crippen molar-refractivity contribution >= 4 is 11.8 Å². The highest BCUT2D eigenvalue weighted by molar-refractivity contribution is 7.99. The van der Waals surface area contributed by atoms with Gasteiger partial charge in [0.1, 0.15) is 0 Å². The molecule has 0 heterocycles. The van der Waals surface area contributed by atoms with Gasteiger partial charge in [-0.1, -0.05) is 18.2 Å². The fraction of sp³-hybridized carbons (Fsp3) is 0.455. The third-order valence-electron chi connectivity index (χ3n) is 1.78. The van der Waals surface area contributed by atoms with E-state index in [1.165, 1.54) is 4.90 Å². The van der Waals surface area contributed by atoms with Gasteiger partial charge in [0.05, 0.1) is 6.10 Å². The van der Waals surface area contributed by atoms with Gasteiger partial charge in [0, 0.05) is 4.90 Å². The van der Waals surface area contributed by atoms with Crippen molar-refractivity contribution in [2.24, 2.45) is 0 Å². The molecule has 1 unspecified atom stereocenters. The number of rotatable bonds is 5. The van der Waals surface area contributed by atoms with Crippen molar-refractivity contribution in [3.05, 3.63) is 30.3 Å². The number of aliphatic hydroxyl groups is 1. The normalized spacial score (nSPS) is 12.8. The number of thioether (sulfide) groups is 1. The molecule has 0 fully saturated rings. The van der Waals surface area contributed by atoms with Crippen LogP contribution in [-0.2, 0) is 0 Å². The Morgan fingerprint density at radius 3 is 2.62 bits per heavy atom. The summed E-state index contributed by atoms with van der Waals surface area (Å²) in [4.78, 5) is 1.31. The van der Waals surface area contributed by atoms with Crippen molar-refractivity contribution in [3.63, 3.8) is 0 Å². The summed E-state index contributed by atoms with van der Waals surface area (Å²) in [6, 6.07) is 10.4. The Kier molecular flexibility index (Phi) is 4.94. The van der Waals surface area contributed by atoms with Crippen LogP contribution >= 0.6 is 11.8 Å². The zero-order valence-electron chi connectivity index (χ0n) is 7.94. The van der Waals surface area contributed by atoms with Crippen molar-refractivity contribution in [1.82, 2.24) is 0 Å². The highest BCUT2D eigenvalue weighted by Crippen LogP contribution is 2.18. The van der Waals surface area contributed by atoms with Crippen LogP contribution in [0.25, 0.3) is 0 Å². The lowest BCUT2D eigenvalue weighted by molar-refractivity contribution is 0.184. The average Bonchev–Trinajstić information content (AvgIpc) is 2.14. The third kappa shape index (κ3) is 4.96. The molecule has 0 aromatic heterocycles. The molecule has 0 amide bonds. The maximum Gasteiger partial charge on any atom is 0.0512 e. The van der Waals surface area contributed by atoms with E-state index in [0.717, 1.165) is 18.6 Å². The molecule has 1 aromatic carbocycles. The smallest absolute Gasteiger partial charge is 0.0512 e. The van der Waals surface area contributed by atoms with Gasteiger partial charge in [0.25, 0.3) is 0 Å². The average molecular weight is 196 g/mol. The van der Waals surface area contributed by atoms with Gasteiger partial charge in [-0.25, -0.2) is 0 Å². The van der Waals surface area contributed by atoms with Crippen molar-refractivity contribution in [3.8, 4) is 0 Å². The largest absolute Gasteiger partial charge is 0.393 e. The molecule has 0 saturated carbocycles. The van der Waals surface area contributed by atoms with Crippen LogP contribution in [0.1, 0.15) is 19.8 Å². The predicted octanol–water partition coefficient (Wildman–Crippen LogP) is 2.94. The van der Waals surface area contributed by atoms with Crippen LogP contribution in [0.2, 0.25) is 0 Å². The SMILES string of the molecule is CC(O)CCCSc1ccccc1. The Hall–Kier alpha value is -0.470. The second kappa shape index (κ2) is 6.06. The molecule has 0 aliphatic heterocycles. The molecule has 0 bridgehead atoms. The molecule has 1 nitrogen and oxygen atoms in total. The Labute approximate surface area is 84.2 Å². The van der Waals surface area contributed by atoms with Crippen molar-refractivity contribution in [1.29, 1.82) is 0 Å². The molecule has 0 aliphatic carbocycles. The molecule has 13 heavy (non-hydrogen) atoms. The Bertz CT molecular complexity index is 221. The van der Waals surface area contributed by atoms with Gasteiger partial charge in [-0.05, 0) is 37.7 Å². The Morgan fingerprint density at radius 2 is 2.00 bits per heavy atom. The standard InChI is InChI=1S/C11H16OS/c1-10(12)6-5-9-13-11-7-3-2-4-8-11/h2-4,7-8,10,12H,5-6,9H2,1H3. The molecule has 0 saturated heterocycles. The van der Waals surface area contributed by atoms with Gasteiger partial charge in [0.15, 0.2) is 0 Å². The van der Waals surface area contributed by atoms with E-state index in [9.17, 15) is 0 Å². The zero-order valence-corrected chi connectivity index (χ0v) is 8.76. The minimum absolute atomic E-state index is 0.156. The first-order valence-corrected chi connectivity index (χ1v) is 5.63. The van der Waals surface area contributed by atoms with Crippen LogP contribution in [0.4, 0.5) is 0 Å². The number of hydrogen-bond acceptors (Lipinski definition) is 2. The fourth-order valence-corrected chi connectivity index (χ4v) is 1.98. The molecular formula is C11H16OS. The van der Waals surface area contributed by atoms with Crippen molar-refractivity contribution in [2.45, 2.75) is 30.8 Å². The lowest BCUT2D eigenvalue weighted by atomic mass is 10.2. The van der Waals surface area contributed by atoms with Gasteiger partial charge in [-0.15, -0.1) is 11.8 Å². The predicted molar refractivity (Wildman–Crippen MR) is 58.1 cm³/mol. The Balaban J connectivity index is 2.13. The van der Waals surface area contributed by atoms with Gasteiger partial charge >= 0.3 is 0 Å². The summed E-state index contributed by atoms with van der Waals surface area (Å²) in [5.41, 5.74) is 0. The van der Waals surface area contributed by atoms with Crippen LogP contribution in [-0.4, -0.2) is 17.0 Å². The summed E-state index contributed by atoms with van der Waals surface area (Å²) in [5.74, 6) is 1.09. The molecule has 1 atom stereocenters. The van der Waals surface area contributed by atoms with Crippen LogP contribution in [0, 0.1) is 0 Å². The topological polar surface area (TPSA) is 20.2 Å². The summed E-state index contributed by atoms with van der Waals surface area (Å²) in [7, 11) is 0. The molecule has 0 radical (unpaired) electrons. The monoisotopic (exact) mass is 196 g/mol. The van der Waals surface area contributed by atoms with Crippen molar-refractivity contribution in [2.75, 3.05) is 5.75 Å². The van der Waals surface area contributed by atoms with Crippen LogP contribution in [0.15, 0.2) is 35.2 Å². The first-order chi connectivity index (χ1) is 6.29. The molecule has 0 spiro atoms. The summed E-state index contributed by atoms with van der Waals surface area (Å²) in [5, 5.41) is 9.04. The number of benzene rings is 1. The molecule has 72 valence electrons. The molecule has 0 aliphatic rings. The zero-order chi connectivity index (χ0) is 9.52. The van der Waals surface area contributed by atoms with E-state index in [-0.39, 0.29) is 6.10 Å². The van der Waals surface area contributed by atoms with Gasteiger partial charge in [-0.3, -0.25) is 0 Å². The summed E-state index contributed by atoms with van der Waals surface area (Å²) in [6.45, 7) is 1.84. The first kappa shape index (κ1) is 10.6. The Morgan fingerprint density at radius 1 is 1.31 bits per heavy atom. The second-order valence-corrected chi connectivity index (χ2v) is 4.32. The van der Waals surface area contributed by atoms with E-state index in [4.69, 9.17) is 5.11 Å². The van der Waals surface area contributed by atoms with Gasteiger partial charge < -0.3 is 5.11 Å². The summed E-state index contributed by atoms with van der Waals surface area (Å²) in [6.07, 6.45) is 1.83. The molecule has 2 heteroatoms. The number of hydrogen-bond donors (Lipinski definition) is 1. The maximum atomic E-state index is 9.04. The van der Waals surface area contributed by atoms with E-state index in [1.54, 1.807) is 0 Å². The molecular weight excluding hydrogens is 180 g/mol. The van der Waals surface area contributed by atoms with E-state index in [1.807, 2.05) is 24.8 Å². The third-order valence-corrected chi connectivity index (χ3v) is 2.88. The van der Waals surface area contributed by atoms with E-state index < -0.39 is 0 Å². The lowest BCUT2D eigenvalue weighted by Crippen LogP contribution is -1.99. The van der Waals surface area contributed by atoms with Crippen LogP contribution < -0.4 is 0 Å². The minimum Gasteiger partial charge on any atom is -0.393 e. The molecule has 1 N–H and O–H groups in total. The first-order valence-electron chi connectivity index (χ1n) is 4.65. The second-order valence-electron chi connectivity index (χ2n) is 3.15. The highest BCUT2D eigenvalue weighted by Gasteiger charge is 1.96. The quantitative estimate of drug-likeness (QED) is 0.577. The van der Waals surface area contributed by atoms with E-state index in [0.29, 0.717) is 0 Å². The summed E-state index contributed by atoms with van der Waals surface area (Å²) >= 11 is 1.85. The molecule has 1 aromatic rings. The number of aliphatic hydroxyl groups excluding tert-OH is 1. The minimum atomic E-state index is -0.156. The highest BCUT2D eigenvalue weighted by atomic mass is 32.2. The van der Waals surface area contributed by atoms with Gasteiger partial charge in [-0.2, -0.15) is 0 Å². The fourth-order valence-electron chi connectivity index (χ4n) is 1.09. The van der Waals surface area contributed by atoms with Crippen LogP contribution in [0.3, 0.4) is 0 Å². The van der Waals surface area contributed by atoms with Gasteiger partial charge in [0.2, 0.25) is 0 Å². The van der Waals surface area contributed by atoms with E-state index >= 15 is 0 Å². The summed E-state index contributed by atoms with van der Waals surface area (Å²) < 4.78 is 0. The molecule has 1 rings (SSSR count).